The molecule has 3 fully saturated rings. The van der Waals surface area contributed by atoms with Crippen LogP contribution in [0.2, 0.25) is 0 Å². The normalized spacial score (nSPS) is 50.2. The topological polar surface area (TPSA) is 63.6 Å². The zero-order valence-electron chi connectivity index (χ0n) is 15.1. The number of rotatable bonds is 1. The SMILES string of the molecule is CC(C)[C@]1(O)C=C2C(=O)[C@H]3OC(=O)[C@@]4(C)CCC[C@@](C)([C@@H]34)[C@H]2CC1. The van der Waals surface area contributed by atoms with Gasteiger partial charge in [0.25, 0.3) is 0 Å². The van der Waals surface area contributed by atoms with Crippen LogP contribution in [0.15, 0.2) is 11.6 Å². The molecule has 1 aliphatic heterocycles. The second-order valence-corrected chi connectivity index (χ2v) is 9.28. The van der Waals surface area contributed by atoms with E-state index in [0.29, 0.717) is 6.42 Å². The van der Waals surface area contributed by atoms with Crippen LogP contribution in [0.25, 0.3) is 0 Å². The van der Waals surface area contributed by atoms with Crippen LogP contribution in [0.3, 0.4) is 0 Å². The molecule has 1 heterocycles. The minimum Gasteiger partial charge on any atom is -0.453 e. The minimum atomic E-state index is -0.925. The molecule has 0 radical (unpaired) electrons. The highest BCUT2D eigenvalue weighted by atomic mass is 16.6. The first-order valence-corrected chi connectivity index (χ1v) is 9.34. The fourth-order valence-corrected chi connectivity index (χ4v) is 6.22. The quantitative estimate of drug-likeness (QED) is 0.750. The lowest BCUT2D eigenvalue weighted by molar-refractivity contribution is -0.151. The summed E-state index contributed by atoms with van der Waals surface area (Å²) in [6.07, 6.45) is 5.50. The largest absolute Gasteiger partial charge is 0.453 e. The van der Waals surface area contributed by atoms with Crippen molar-refractivity contribution in [2.75, 3.05) is 0 Å². The van der Waals surface area contributed by atoms with Crippen molar-refractivity contribution < 1.29 is 19.4 Å². The summed E-state index contributed by atoms with van der Waals surface area (Å²) >= 11 is 0. The maximum Gasteiger partial charge on any atom is 0.312 e. The summed E-state index contributed by atoms with van der Waals surface area (Å²) in [5.41, 5.74) is -0.821. The third-order valence-electron chi connectivity index (χ3n) is 7.76. The molecule has 132 valence electrons. The molecule has 0 bridgehead atoms. The first-order chi connectivity index (χ1) is 11.1. The number of ketones is 1. The number of carbonyl (C=O) groups excluding carboxylic acids is 2. The van der Waals surface area contributed by atoms with Gasteiger partial charge in [0.1, 0.15) is 0 Å². The van der Waals surface area contributed by atoms with Gasteiger partial charge in [-0.2, -0.15) is 0 Å². The third kappa shape index (κ3) is 1.78. The number of aliphatic hydroxyl groups is 1. The Hall–Kier alpha value is -1.16. The molecule has 4 nitrogen and oxygen atoms in total. The zero-order chi connectivity index (χ0) is 17.5. The Morgan fingerprint density at radius 2 is 1.92 bits per heavy atom. The molecule has 24 heavy (non-hydrogen) atoms. The predicted octanol–water partition coefficient (Wildman–Crippen LogP) is 3.03. The number of hydrogen-bond acceptors (Lipinski definition) is 4. The molecule has 6 atom stereocenters. The highest BCUT2D eigenvalue weighted by molar-refractivity contribution is 6.04. The maximum atomic E-state index is 13.2. The fraction of sp³-hybridized carbons (Fsp3) is 0.800. The van der Waals surface area contributed by atoms with Crippen LogP contribution in [-0.2, 0) is 14.3 Å². The van der Waals surface area contributed by atoms with E-state index in [1.807, 2.05) is 26.8 Å². The van der Waals surface area contributed by atoms with E-state index in [4.69, 9.17) is 4.74 Å². The third-order valence-corrected chi connectivity index (χ3v) is 7.76. The van der Waals surface area contributed by atoms with Gasteiger partial charge in [-0.3, -0.25) is 9.59 Å². The number of esters is 1. The van der Waals surface area contributed by atoms with E-state index in [1.54, 1.807) is 0 Å². The van der Waals surface area contributed by atoms with Crippen LogP contribution in [0.4, 0.5) is 0 Å². The lowest BCUT2D eigenvalue weighted by Gasteiger charge is -2.56. The van der Waals surface area contributed by atoms with E-state index in [-0.39, 0.29) is 34.9 Å². The van der Waals surface area contributed by atoms with Crippen molar-refractivity contribution in [1.29, 1.82) is 0 Å². The average molecular weight is 332 g/mol. The van der Waals surface area contributed by atoms with Gasteiger partial charge in [-0.25, -0.2) is 0 Å². The molecule has 2 saturated carbocycles. The summed E-state index contributed by atoms with van der Waals surface area (Å²) in [7, 11) is 0. The molecule has 1 N–H and O–H groups in total. The Kier molecular flexibility index (Phi) is 3.21. The standard InChI is InChI=1S/C20H28O4/c1-11(2)20(23)9-6-13-12(10-20)14(21)15-16-18(13,3)7-5-8-19(16,4)17(22)24-15/h10-11,13,15-16,23H,5-9H2,1-4H3/t13-,15+,16+,18+,19-,20+/m0/s1. The molecular weight excluding hydrogens is 304 g/mol. The Labute approximate surface area is 143 Å². The first kappa shape index (κ1) is 16.3. The van der Waals surface area contributed by atoms with Crippen LogP contribution >= 0.6 is 0 Å². The number of carbonyl (C=O) groups is 2. The summed E-state index contributed by atoms with van der Waals surface area (Å²) in [6.45, 7) is 8.21. The number of hydrogen-bond donors (Lipinski definition) is 1. The van der Waals surface area contributed by atoms with E-state index in [1.165, 1.54) is 0 Å². The van der Waals surface area contributed by atoms with E-state index < -0.39 is 17.1 Å². The van der Waals surface area contributed by atoms with Crippen LogP contribution in [-0.4, -0.2) is 28.6 Å². The highest BCUT2D eigenvalue weighted by Crippen LogP contribution is 2.66. The monoisotopic (exact) mass is 332 g/mol. The molecule has 4 rings (SSSR count). The van der Waals surface area contributed by atoms with E-state index in [0.717, 1.165) is 31.3 Å². The summed E-state index contributed by atoms with van der Waals surface area (Å²) < 4.78 is 5.63. The van der Waals surface area contributed by atoms with Crippen molar-refractivity contribution in [1.82, 2.24) is 0 Å². The number of Topliss-reactive ketones (excluding diaryl/α,β-unsaturated/α-hetero) is 1. The van der Waals surface area contributed by atoms with E-state index in [2.05, 4.69) is 6.92 Å². The molecule has 0 aromatic rings. The lowest BCUT2D eigenvalue weighted by atomic mass is 9.45. The van der Waals surface area contributed by atoms with Gasteiger partial charge in [-0.15, -0.1) is 0 Å². The molecule has 3 aliphatic carbocycles. The smallest absolute Gasteiger partial charge is 0.312 e. The summed E-state index contributed by atoms with van der Waals surface area (Å²) in [5.74, 6) is -0.0760. The molecule has 0 spiro atoms. The Morgan fingerprint density at radius 1 is 1.21 bits per heavy atom. The summed E-state index contributed by atoms with van der Waals surface area (Å²) in [4.78, 5) is 25.7. The maximum absolute atomic E-state index is 13.2. The van der Waals surface area contributed by atoms with Crippen molar-refractivity contribution in [3.05, 3.63) is 11.6 Å². The van der Waals surface area contributed by atoms with Crippen molar-refractivity contribution >= 4 is 11.8 Å². The Bertz CT molecular complexity index is 650. The minimum absolute atomic E-state index is 0.0221. The van der Waals surface area contributed by atoms with Gasteiger partial charge < -0.3 is 9.84 Å². The van der Waals surface area contributed by atoms with Gasteiger partial charge in [-0.05, 0) is 55.9 Å². The van der Waals surface area contributed by atoms with Gasteiger partial charge in [0, 0.05) is 11.5 Å². The van der Waals surface area contributed by atoms with Crippen LogP contribution in [0.1, 0.15) is 59.8 Å². The first-order valence-electron chi connectivity index (χ1n) is 9.34. The van der Waals surface area contributed by atoms with E-state index >= 15 is 0 Å². The number of ether oxygens (including phenoxy) is 1. The molecule has 0 aromatic heterocycles. The highest BCUT2D eigenvalue weighted by Gasteiger charge is 2.69. The van der Waals surface area contributed by atoms with Crippen LogP contribution in [0, 0.1) is 28.6 Å². The van der Waals surface area contributed by atoms with Crippen LogP contribution in [0.5, 0.6) is 0 Å². The Morgan fingerprint density at radius 3 is 2.58 bits per heavy atom. The van der Waals surface area contributed by atoms with Gasteiger partial charge >= 0.3 is 5.97 Å². The zero-order valence-corrected chi connectivity index (χ0v) is 15.1. The molecular formula is C20H28O4. The van der Waals surface area contributed by atoms with Gasteiger partial charge in [0.15, 0.2) is 11.9 Å². The van der Waals surface area contributed by atoms with Crippen molar-refractivity contribution in [3.63, 3.8) is 0 Å². The second kappa shape index (κ2) is 4.72. The van der Waals surface area contributed by atoms with Gasteiger partial charge in [0.2, 0.25) is 0 Å². The van der Waals surface area contributed by atoms with Gasteiger partial charge in [0.05, 0.1) is 11.0 Å². The molecule has 4 aliphatic rings. The van der Waals surface area contributed by atoms with Crippen LogP contribution < -0.4 is 0 Å². The molecule has 0 amide bonds. The molecule has 1 saturated heterocycles. The van der Waals surface area contributed by atoms with Crippen molar-refractivity contribution in [3.8, 4) is 0 Å². The van der Waals surface area contributed by atoms with Crippen molar-refractivity contribution in [2.45, 2.75) is 71.5 Å². The number of fused-ring (bicyclic) bond motifs is 2. The summed E-state index contributed by atoms with van der Waals surface area (Å²) in [6, 6.07) is 0. The average Bonchev–Trinajstić information content (AvgIpc) is 2.78. The molecule has 4 heteroatoms. The predicted molar refractivity (Wildman–Crippen MR) is 89.0 cm³/mol. The lowest BCUT2D eigenvalue weighted by Crippen LogP contribution is -2.58. The molecule has 0 unspecified atom stereocenters. The summed E-state index contributed by atoms with van der Waals surface area (Å²) in [5, 5.41) is 10.9. The fourth-order valence-electron chi connectivity index (χ4n) is 6.22. The van der Waals surface area contributed by atoms with Crippen molar-refractivity contribution in [2.24, 2.45) is 28.6 Å². The second-order valence-electron chi connectivity index (χ2n) is 9.28. The van der Waals surface area contributed by atoms with Gasteiger partial charge in [-0.1, -0.05) is 27.2 Å². The Balaban J connectivity index is 1.85. The van der Waals surface area contributed by atoms with E-state index in [9.17, 15) is 14.7 Å². The molecule has 0 aromatic carbocycles.